The van der Waals surface area contributed by atoms with Gasteiger partial charge < -0.3 is 15.2 Å². The van der Waals surface area contributed by atoms with E-state index in [2.05, 4.69) is 5.32 Å². The Morgan fingerprint density at radius 3 is 2.64 bits per heavy atom. The van der Waals surface area contributed by atoms with Gasteiger partial charge in [0.15, 0.2) is 0 Å². The molecule has 0 saturated heterocycles. The Hall–Kier alpha value is -2.74. The molecule has 2 N–H and O–H groups in total. The highest BCUT2D eigenvalue weighted by Crippen LogP contribution is 2.23. The molecule has 0 fully saturated rings. The van der Waals surface area contributed by atoms with E-state index in [0.29, 0.717) is 12.2 Å². The van der Waals surface area contributed by atoms with Crippen molar-refractivity contribution in [1.82, 2.24) is 5.32 Å². The Morgan fingerprint density at radius 2 is 2.00 bits per heavy atom. The van der Waals surface area contributed by atoms with Crippen molar-refractivity contribution in [2.75, 3.05) is 12.4 Å². The Labute approximate surface area is 149 Å². The minimum absolute atomic E-state index is 0.0240. The monoisotopic (exact) mass is 362 g/mol. The maximum Gasteiger partial charge on any atom is 0.270 e. The van der Waals surface area contributed by atoms with Crippen molar-refractivity contribution in [1.29, 1.82) is 0 Å². The van der Waals surface area contributed by atoms with Crippen LogP contribution in [-0.4, -0.2) is 28.3 Å². The van der Waals surface area contributed by atoms with Gasteiger partial charge in [-0.25, -0.2) is 0 Å². The topological polar surface area (TPSA) is 102 Å². The van der Waals surface area contributed by atoms with Crippen LogP contribution >= 0.6 is 11.8 Å². The molecule has 8 heteroatoms. The van der Waals surface area contributed by atoms with E-state index in [1.807, 2.05) is 31.2 Å². The quantitative estimate of drug-likeness (QED) is 0.425. The van der Waals surface area contributed by atoms with Crippen LogP contribution in [0.15, 0.2) is 47.4 Å². The van der Waals surface area contributed by atoms with Gasteiger partial charge in [0, 0.05) is 29.1 Å². The first-order valence-electron chi connectivity index (χ1n) is 7.58. The van der Waals surface area contributed by atoms with Gasteiger partial charge in [-0.15, -0.1) is 11.8 Å². The number of nitrogens with zero attached hydrogens (tertiary/aromatic N) is 1. The summed E-state index contributed by atoms with van der Waals surface area (Å²) in [6.45, 7) is 2.53. The van der Waals surface area contributed by atoms with Gasteiger partial charge in [-0.1, -0.05) is 0 Å². The molecule has 0 atom stereocenters. The molecular formula is C17H18N2O5S. The lowest BCUT2D eigenvalue weighted by atomic mass is 10.2. The molecule has 0 aromatic heterocycles. The Morgan fingerprint density at radius 1 is 1.28 bits per heavy atom. The van der Waals surface area contributed by atoms with E-state index >= 15 is 0 Å². The third-order valence-electron chi connectivity index (χ3n) is 3.25. The summed E-state index contributed by atoms with van der Waals surface area (Å²) in [5.41, 5.74) is 0.166. The maximum atomic E-state index is 11.9. The number of nitrogens with one attached hydrogen (secondary N) is 1. The molecule has 2 aromatic carbocycles. The molecule has 0 aliphatic carbocycles. The van der Waals surface area contributed by atoms with Gasteiger partial charge in [-0.2, -0.15) is 0 Å². The van der Waals surface area contributed by atoms with E-state index in [9.17, 15) is 20.0 Å². The van der Waals surface area contributed by atoms with E-state index in [1.54, 1.807) is 0 Å². The average Bonchev–Trinajstić information content (AvgIpc) is 2.60. The van der Waals surface area contributed by atoms with Crippen molar-refractivity contribution in [3.63, 3.8) is 0 Å². The zero-order chi connectivity index (χ0) is 18.2. The smallest absolute Gasteiger partial charge is 0.270 e. The fourth-order valence-electron chi connectivity index (χ4n) is 2.02. The van der Waals surface area contributed by atoms with Gasteiger partial charge in [-0.3, -0.25) is 14.9 Å². The molecule has 0 aliphatic heterocycles. The summed E-state index contributed by atoms with van der Waals surface area (Å²) in [6.07, 6.45) is 0. The molecule has 7 nitrogen and oxygen atoms in total. The molecule has 0 aliphatic rings. The van der Waals surface area contributed by atoms with Crippen molar-refractivity contribution in [3.8, 4) is 11.5 Å². The highest BCUT2D eigenvalue weighted by molar-refractivity contribution is 8.00. The zero-order valence-corrected chi connectivity index (χ0v) is 14.4. The van der Waals surface area contributed by atoms with Crippen LogP contribution < -0.4 is 10.1 Å². The van der Waals surface area contributed by atoms with E-state index < -0.39 is 4.92 Å². The highest BCUT2D eigenvalue weighted by Gasteiger charge is 2.11. The van der Waals surface area contributed by atoms with Gasteiger partial charge in [0.05, 0.1) is 17.3 Å². The van der Waals surface area contributed by atoms with Gasteiger partial charge in [0.1, 0.15) is 11.5 Å². The summed E-state index contributed by atoms with van der Waals surface area (Å²) >= 11 is 1.36. The number of benzene rings is 2. The Kier molecular flexibility index (Phi) is 6.64. The molecule has 2 aromatic rings. The number of phenols is 1. The summed E-state index contributed by atoms with van der Waals surface area (Å²) in [5.74, 6) is 0.649. The van der Waals surface area contributed by atoms with Crippen LogP contribution in [0.1, 0.15) is 12.5 Å². The number of carbonyl (C=O) groups excluding carboxylic acids is 1. The summed E-state index contributed by atoms with van der Waals surface area (Å²) in [4.78, 5) is 23.0. The molecule has 0 bridgehead atoms. The lowest BCUT2D eigenvalue weighted by Crippen LogP contribution is -2.24. The van der Waals surface area contributed by atoms with E-state index in [-0.39, 0.29) is 29.6 Å². The zero-order valence-electron chi connectivity index (χ0n) is 13.6. The standard InChI is InChI=1S/C17H18N2O5S/c1-2-24-14-4-6-15(7-5-14)25-11-17(21)18-10-12-9-13(19(22)23)3-8-16(12)20/h3-9,20H,2,10-11H2,1H3,(H,18,21). The van der Waals surface area contributed by atoms with Crippen LogP contribution in [0.2, 0.25) is 0 Å². The molecular weight excluding hydrogens is 344 g/mol. The molecule has 0 saturated carbocycles. The molecule has 0 spiro atoms. The predicted molar refractivity (Wildman–Crippen MR) is 94.9 cm³/mol. The number of nitro benzene ring substituents is 1. The third-order valence-corrected chi connectivity index (χ3v) is 4.27. The lowest BCUT2D eigenvalue weighted by molar-refractivity contribution is -0.384. The fraction of sp³-hybridized carbons (Fsp3) is 0.235. The second-order valence-corrected chi connectivity index (χ2v) is 6.09. The number of non-ortho nitro benzene ring substituents is 1. The molecule has 0 radical (unpaired) electrons. The number of rotatable bonds is 8. The van der Waals surface area contributed by atoms with E-state index in [0.717, 1.165) is 10.6 Å². The normalized spacial score (nSPS) is 10.3. The van der Waals surface area contributed by atoms with Crippen LogP contribution in [0, 0.1) is 10.1 Å². The van der Waals surface area contributed by atoms with Crippen molar-refractivity contribution in [2.24, 2.45) is 0 Å². The van der Waals surface area contributed by atoms with Gasteiger partial charge in [0.2, 0.25) is 5.91 Å². The van der Waals surface area contributed by atoms with Crippen LogP contribution in [0.3, 0.4) is 0 Å². The van der Waals surface area contributed by atoms with Crippen LogP contribution in [0.4, 0.5) is 5.69 Å². The van der Waals surface area contributed by atoms with Crippen LogP contribution in [0.5, 0.6) is 11.5 Å². The number of thioether (sulfide) groups is 1. The van der Waals surface area contributed by atoms with Crippen molar-refractivity contribution in [2.45, 2.75) is 18.4 Å². The number of nitro groups is 1. The lowest BCUT2D eigenvalue weighted by Gasteiger charge is -2.08. The summed E-state index contributed by atoms with van der Waals surface area (Å²) < 4.78 is 5.35. The first kappa shape index (κ1) is 18.6. The van der Waals surface area contributed by atoms with Gasteiger partial charge in [0.25, 0.3) is 5.69 Å². The second kappa shape index (κ2) is 8.93. The summed E-state index contributed by atoms with van der Waals surface area (Å²) in [7, 11) is 0. The number of ether oxygens (including phenoxy) is 1. The number of amides is 1. The molecule has 2 rings (SSSR count). The number of hydrogen-bond acceptors (Lipinski definition) is 6. The number of hydrogen-bond donors (Lipinski definition) is 2. The number of phenolic OH excluding ortho intramolecular Hbond substituents is 1. The largest absolute Gasteiger partial charge is 0.508 e. The Balaban J connectivity index is 1.84. The summed E-state index contributed by atoms with van der Waals surface area (Å²) in [5, 5.41) is 23.1. The first-order chi connectivity index (χ1) is 12.0. The second-order valence-electron chi connectivity index (χ2n) is 5.04. The first-order valence-corrected chi connectivity index (χ1v) is 8.56. The van der Waals surface area contributed by atoms with Crippen molar-refractivity contribution >= 4 is 23.4 Å². The maximum absolute atomic E-state index is 11.9. The molecule has 1 amide bonds. The highest BCUT2D eigenvalue weighted by atomic mass is 32.2. The van der Waals surface area contributed by atoms with Gasteiger partial charge >= 0.3 is 0 Å². The summed E-state index contributed by atoms with van der Waals surface area (Å²) in [6, 6.07) is 11.1. The van der Waals surface area contributed by atoms with E-state index in [4.69, 9.17) is 4.74 Å². The van der Waals surface area contributed by atoms with E-state index in [1.165, 1.54) is 30.0 Å². The molecule has 132 valence electrons. The average molecular weight is 362 g/mol. The third kappa shape index (κ3) is 5.68. The van der Waals surface area contributed by atoms with Crippen LogP contribution in [0.25, 0.3) is 0 Å². The number of aromatic hydroxyl groups is 1. The predicted octanol–water partition coefficient (Wildman–Crippen LogP) is 3.11. The molecule has 25 heavy (non-hydrogen) atoms. The Bertz CT molecular complexity index is 749. The van der Waals surface area contributed by atoms with Crippen molar-refractivity contribution < 1.29 is 19.6 Å². The van der Waals surface area contributed by atoms with Gasteiger partial charge in [-0.05, 0) is 37.3 Å². The van der Waals surface area contributed by atoms with Crippen molar-refractivity contribution in [3.05, 3.63) is 58.1 Å². The number of carbonyl (C=O) groups is 1. The molecule has 0 heterocycles. The molecule has 0 unspecified atom stereocenters. The SMILES string of the molecule is CCOc1ccc(SCC(=O)NCc2cc([N+](=O)[O-])ccc2O)cc1. The minimum Gasteiger partial charge on any atom is -0.508 e. The minimum atomic E-state index is -0.549. The van der Waals surface area contributed by atoms with Crippen LogP contribution in [-0.2, 0) is 11.3 Å². The fourth-order valence-corrected chi connectivity index (χ4v) is 2.75.